The first-order chi connectivity index (χ1) is 8.88. The predicted octanol–water partition coefficient (Wildman–Crippen LogP) is 1.04. The standard InChI is InChI=1S/C12H16N4O2S/c1-9(10-4-3-5-11(13)6-10)15-19(17,18)12-7-14-16(2)8-12/h3-9,15H,13H2,1-2H3. The Kier molecular flexibility index (Phi) is 3.59. The summed E-state index contributed by atoms with van der Waals surface area (Å²) in [4.78, 5) is 0.144. The number of rotatable bonds is 4. The summed E-state index contributed by atoms with van der Waals surface area (Å²) in [5.74, 6) is 0. The van der Waals surface area contributed by atoms with Crippen molar-refractivity contribution in [2.24, 2.45) is 7.05 Å². The van der Waals surface area contributed by atoms with E-state index in [1.165, 1.54) is 17.1 Å². The van der Waals surface area contributed by atoms with Gasteiger partial charge >= 0.3 is 0 Å². The van der Waals surface area contributed by atoms with Crippen LogP contribution in [0.2, 0.25) is 0 Å². The van der Waals surface area contributed by atoms with E-state index in [4.69, 9.17) is 5.73 Å². The highest BCUT2D eigenvalue weighted by Gasteiger charge is 2.19. The first-order valence-corrected chi connectivity index (χ1v) is 7.23. The van der Waals surface area contributed by atoms with E-state index >= 15 is 0 Å². The second kappa shape index (κ2) is 5.02. The maximum Gasteiger partial charge on any atom is 0.244 e. The second-order valence-corrected chi connectivity index (χ2v) is 6.08. The number of nitrogen functional groups attached to an aromatic ring is 1. The fraction of sp³-hybridized carbons (Fsp3) is 0.250. The molecule has 1 unspecified atom stereocenters. The smallest absolute Gasteiger partial charge is 0.244 e. The highest BCUT2D eigenvalue weighted by Crippen LogP contribution is 2.18. The van der Waals surface area contributed by atoms with E-state index in [1.807, 2.05) is 6.07 Å². The Labute approximate surface area is 112 Å². The van der Waals surface area contributed by atoms with Gasteiger partial charge in [-0.2, -0.15) is 5.10 Å². The third-order valence-corrected chi connectivity index (χ3v) is 4.23. The summed E-state index contributed by atoms with van der Waals surface area (Å²) in [5.41, 5.74) is 7.10. The van der Waals surface area contributed by atoms with Crippen LogP contribution >= 0.6 is 0 Å². The van der Waals surface area contributed by atoms with Gasteiger partial charge in [-0.1, -0.05) is 12.1 Å². The molecule has 3 N–H and O–H groups in total. The topological polar surface area (TPSA) is 90.0 Å². The highest BCUT2D eigenvalue weighted by atomic mass is 32.2. The lowest BCUT2D eigenvalue weighted by atomic mass is 10.1. The Bertz CT molecular complexity index is 679. The van der Waals surface area contributed by atoms with Crippen LogP contribution in [0.5, 0.6) is 0 Å². The van der Waals surface area contributed by atoms with Gasteiger partial charge in [-0.3, -0.25) is 4.68 Å². The van der Waals surface area contributed by atoms with Crippen LogP contribution in [0.1, 0.15) is 18.5 Å². The van der Waals surface area contributed by atoms with E-state index in [1.54, 1.807) is 32.2 Å². The molecule has 1 atom stereocenters. The van der Waals surface area contributed by atoms with Crippen molar-refractivity contribution in [2.45, 2.75) is 17.9 Å². The molecule has 2 aromatic rings. The fourth-order valence-corrected chi connectivity index (χ4v) is 2.95. The molecule has 0 amide bonds. The number of aryl methyl sites for hydroxylation is 1. The van der Waals surface area contributed by atoms with Gasteiger partial charge in [-0.25, -0.2) is 13.1 Å². The Morgan fingerprint density at radius 3 is 2.74 bits per heavy atom. The lowest BCUT2D eigenvalue weighted by molar-refractivity contribution is 0.567. The van der Waals surface area contributed by atoms with Crippen molar-refractivity contribution in [3.05, 3.63) is 42.2 Å². The number of aromatic nitrogens is 2. The third kappa shape index (κ3) is 3.12. The molecule has 1 aromatic carbocycles. The van der Waals surface area contributed by atoms with Gasteiger partial charge in [0.25, 0.3) is 0 Å². The van der Waals surface area contributed by atoms with Crippen LogP contribution in [0.3, 0.4) is 0 Å². The van der Waals surface area contributed by atoms with Crippen LogP contribution in [0.15, 0.2) is 41.6 Å². The second-order valence-electron chi connectivity index (χ2n) is 4.36. The predicted molar refractivity (Wildman–Crippen MR) is 72.8 cm³/mol. The Morgan fingerprint density at radius 1 is 1.42 bits per heavy atom. The van der Waals surface area contributed by atoms with Crippen molar-refractivity contribution < 1.29 is 8.42 Å². The molecule has 19 heavy (non-hydrogen) atoms. The molecule has 0 saturated heterocycles. The molecule has 0 aliphatic carbocycles. The zero-order valence-corrected chi connectivity index (χ0v) is 11.6. The Morgan fingerprint density at radius 2 is 2.16 bits per heavy atom. The van der Waals surface area contributed by atoms with Crippen LogP contribution in [0.4, 0.5) is 5.69 Å². The maximum absolute atomic E-state index is 12.1. The molecule has 102 valence electrons. The van der Waals surface area contributed by atoms with Gasteiger partial charge in [0.15, 0.2) is 0 Å². The molecule has 0 spiro atoms. The monoisotopic (exact) mass is 280 g/mol. The van der Waals surface area contributed by atoms with Gasteiger partial charge in [-0.15, -0.1) is 0 Å². The molecule has 0 aliphatic heterocycles. The van der Waals surface area contributed by atoms with Crippen molar-refractivity contribution in [3.8, 4) is 0 Å². The summed E-state index contributed by atoms with van der Waals surface area (Å²) in [5, 5.41) is 3.85. The van der Waals surface area contributed by atoms with Gasteiger partial charge in [-0.05, 0) is 24.6 Å². The van der Waals surface area contributed by atoms with Crippen molar-refractivity contribution >= 4 is 15.7 Å². The molecule has 1 aromatic heterocycles. The Hall–Kier alpha value is -1.86. The number of benzene rings is 1. The number of sulfonamides is 1. The minimum Gasteiger partial charge on any atom is -0.399 e. The number of hydrogen-bond donors (Lipinski definition) is 2. The van der Waals surface area contributed by atoms with Crippen molar-refractivity contribution in [1.82, 2.24) is 14.5 Å². The minimum atomic E-state index is -3.57. The molecular formula is C12H16N4O2S. The van der Waals surface area contributed by atoms with Gasteiger partial charge in [0.05, 0.1) is 6.20 Å². The largest absolute Gasteiger partial charge is 0.399 e. The zero-order chi connectivity index (χ0) is 14.0. The third-order valence-electron chi connectivity index (χ3n) is 2.73. The summed E-state index contributed by atoms with van der Waals surface area (Å²) in [6, 6.07) is 6.75. The van der Waals surface area contributed by atoms with E-state index in [0.29, 0.717) is 5.69 Å². The normalized spacial score (nSPS) is 13.4. The van der Waals surface area contributed by atoms with Gasteiger partial charge < -0.3 is 5.73 Å². The van der Waals surface area contributed by atoms with Crippen LogP contribution in [0, 0.1) is 0 Å². The number of anilines is 1. The first-order valence-electron chi connectivity index (χ1n) is 5.75. The average molecular weight is 280 g/mol. The van der Waals surface area contributed by atoms with Crippen LogP contribution in [-0.4, -0.2) is 18.2 Å². The molecule has 0 fully saturated rings. The molecular weight excluding hydrogens is 264 g/mol. The quantitative estimate of drug-likeness (QED) is 0.819. The van der Waals surface area contributed by atoms with Crippen LogP contribution < -0.4 is 10.5 Å². The number of nitrogens with zero attached hydrogens (tertiary/aromatic N) is 2. The average Bonchev–Trinajstić information content (AvgIpc) is 2.76. The van der Waals surface area contributed by atoms with Crippen LogP contribution in [-0.2, 0) is 17.1 Å². The van der Waals surface area contributed by atoms with Crippen molar-refractivity contribution in [3.63, 3.8) is 0 Å². The molecule has 2 rings (SSSR count). The molecule has 6 nitrogen and oxygen atoms in total. The molecule has 0 saturated carbocycles. The minimum absolute atomic E-state index is 0.144. The molecule has 0 aliphatic rings. The number of hydrogen-bond acceptors (Lipinski definition) is 4. The summed E-state index contributed by atoms with van der Waals surface area (Å²) in [6.45, 7) is 1.77. The maximum atomic E-state index is 12.1. The van der Waals surface area contributed by atoms with E-state index in [9.17, 15) is 8.42 Å². The van der Waals surface area contributed by atoms with Gasteiger partial charge in [0, 0.05) is 25.0 Å². The summed E-state index contributed by atoms with van der Waals surface area (Å²) >= 11 is 0. The van der Waals surface area contributed by atoms with E-state index in [0.717, 1.165) is 5.56 Å². The summed E-state index contributed by atoms with van der Waals surface area (Å²) < 4.78 is 28.3. The van der Waals surface area contributed by atoms with Gasteiger partial charge in [0.2, 0.25) is 10.0 Å². The van der Waals surface area contributed by atoms with Crippen molar-refractivity contribution in [2.75, 3.05) is 5.73 Å². The zero-order valence-electron chi connectivity index (χ0n) is 10.7. The first kappa shape index (κ1) is 13.6. The summed E-state index contributed by atoms with van der Waals surface area (Å²) in [7, 11) is -1.91. The molecule has 0 bridgehead atoms. The molecule has 7 heteroatoms. The van der Waals surface area contributed by atoms with Gasteiger partial charge in [0.1, 0.15) is 4.90 Å². The Balaban J connectivity index is 2.21. The molecule has 0 radical (unpaired) electrons. The fourth-order valence-electron chi connectivity index (χ4n) is 1.73. The number of nitrogens with one attached hydrogen (secondary N) is 1. The van der Waals surface area contributed by atoms with E-state index in [-0.39, 0.29) is 10.9 Å². The van der Waals surface area contributed by atoms with Crippen LogP contribution in [0.25, 0.3) is 0 Å². The van der Waals surface area contributed by atoms with E-state index < -0.39 is 10.0 Å². The van der Waals surface area contributed by atoms with Crippen molar-refractivity contribution in [1.29, 1.82) is 0 Å². The molecule has 1 heterocycles. The lowest BCUT2D eigenvalue weighted by Crippen LogP contribution is -2.26. The SMILES string of the molecule is CC(NS(=O)(=O)c1cnn(C)c1)c1cccc(N)c1. The summed E-state index contributed by atoms with van der Waals surface area (Å²) in [6.07, 6.45) is 2.77. The van der Waals surface area contributed by atoms with E-state index in [2.05, 4.69) is 9.82 Å². The number of nitrogens with two attached hydrogens (primary N) is 1. The highest BCUT2D eigenvalue weighted by molar-refractivity contribution is 7.89. The lowest BCUT2D eigenvalue weighted by Gasteiger charge is -2.14.